The van der Waals surface area contributed by atoms with Crippen molar-refractivity contribution in [3.8, 4) is 0 Å². The van der Waals surface area contributed by atoms with E-state index in [1.807, 2.05) is 39.1 Å². The summed E-state index contributed by atoms with van der Waals surface area (Å²) in [6, 6.07) is 0. The summed E-state index contributed by atoms with van der Waals surface area (Å²) in [7, 11) is 4.47. The number of carbonyl (C=O) groups excluding carboxylic acids is 1. The van der Waals surface area contributed by atoms with Crippen molar-refractivity contribution in [3.05, 3.63) is 0 Å². The highest BCUT2D eigenvalue weighted by Crippen LogP contribution is 2.59. The summed E-state index contributed by atoms with van der Waals surface area (Å²) in [5, 5.41) is 7.00. The molecule has 1 aliphatic rings. The molecule has 0 saturated carbocycles. The first-order valence-corrected chi connectivity index (χ1v) is 13.9. The largest absolute Gasteiger partial charge is 0.400 e. The number of aliphatic hydroxyl groups is 1. The van der Waals surface area contributed by atoms with Gasteiger partial charge in [-0.25, -0.2) is 0 Å². The van der Waals surface area contributed by atoms with Crippen LogP contribution in [0.25, 0.3) is 0 Å². The number of nitrogens with zero attached hydrogens (tertiary/aromatic N) is 1. The molecular weight excluding hydrogens is 405 g/mol. The lowest BCUT2D eigenvalue weighted by atomic mass is 9.91. The zero-order valence-electron chi connectivity index (χ0n) is 18.5. The Morgan fingerprint density at radius 2 is 1.78 bits per heavy atom. The Morgan fingerprint density at radius 1 is 1.22 bits per heavy atom. The second kappa shape index (κ2) is 24.6. The molecule has 1 saturated heterocycles. The molecule has 1 atom stereocenters. The van der Waals surface area contributed by atoms with Crippen LogP contribution in [0.2, 0.25) is 0 Å². The van der Waals surface area contributed by atoms with Crippen LogP contribution < -0.4 is 0 Å². The van der Waals surface area contributed by atoms with Crippen LogP contribution in [0.5, 0.6) is 0 Å². The van der Waals surface area contributed by atoms with E-state index in [1.165, 1.54) is 0 Å². The van der Waals surface area contributed by atoms with Crippen LogP contribution in [0.4, 0.5) is 0 Å². The molecule has 1 fully saturated rings. The average molecular weight is 448 g/mol. The number of methoxy groups -OCH3 is 1. The van der Waals surface area contributed by atoms with Gasteiger partial charge in [-0.05, 0) is 19.2 Å². The number of hydrogen-bond acceptors (Lipinski definition) is 8. The predicted molar refractivity (Wildman–Crippen MR) is 123 cm³/mol. The molecule has 0 radical (unpaired) electrons. The molecule has 0 aromatic rings. The minimum Gasteiger partial charge on any atom is -0.400 e. The highest BCUT2D eigenvalue weighted by Gasteiger charge is 2.19. The van der Waals surface area contributed by atoms with E-state index < -0.39 is 0 Å². The van der Waals surface area contributed by atoms with Crippen molar-refractivity contribution in [1.29, 1.82) is 0 Å². The van der Waals surface area contributed by atoms with E-state index in [4.69, 9.17) is 19.1 Å². The minimum absolute atomic E-state index is 0.168. The number of hydrogen-bond donors (Lipinski definition) is 1. The SMILES string of the molecule is CC.CC(C)(C=O)CCN1CCOCC1.CO.COCCSP(OC)SC. The first-order chi connectivity index (χ1) is 13.0. The van der Waals surface area contributed by atoms with E-state index in [-0.39, 0.29) is 12.0 Å². The van der Waals surface area contributed by atoms with Crippen LogP contribution in [0.15, 0.2) is 0 Å². The number of morpholine rings is 1. The van der Waals surface area contributed by atoms with Crippen LogP contribution in [0, 0.1) is 5.41 Å². The summed E-state index contributed by atoms with van der Waals surface area (Å²) in [6.45, 7) is 13.2. The first kappa shape index (κ1) is 32.3. The number of carbonyl (C=O) groups is 1. The highest BCUT2D eigenvalue weighted by molar-refractivity contribution is 8.86. The molecule has 9 heteroatoms. The van der Waals surface area contributed by atoms with Gasteiger partial charge in [0, 0.05) is 45.6 Å². The van der Waals surface area contributed by atoms with Crippen molar-refractivity contribution in [2.75, 3.05) is 72.8 Å². The lowest BCUT2D eigenvalue weighted by Crippen LogP contribution is -2.38. The lowest BCUT2D eigenvalue weighted by Gasteiger charge is -2.29. The third-order valence-corrected chi connectivity index (χ3v) is 9.69. The van der Waals surface area contributed by atoms with Gasteiger partial charge in [-0.15, -0.1) is 0 Å². The Kier molecular flexibility index (Phi) is 29.4. The summed E-state index contributed by atoms with van der Waals surface area (Å²) < 4.78 is 15.3. The number of ether oxygens (including phenoxy) is 2. The van der Waals surface area contributed by atoms with E-state index in [0.29, 0.717) is 0 Å². The molecular formula is C18H42NO5PS2. The monoisotopic (exact) mass is 447 g/mol. The lowest BCUT2D eigenvalue weighted by molar-refractivity contribution is -0.115. The van der Waals surface area contributed by atoms with Gasteiger partial charge in [0.1, 0.15) is 6.29 Å². The van der Waals surface area contributed by atoms with Crippen molar-refractivity contribution in [2.24, 2.45) is 5.41 Å². The summed E-state index contributed by atoms with van der Waals surface area (Å²) in [5.41, 5.74) is -0.168. The van der Waals surface area contributed by atoms with Crippen molar-refractivity contribution < 1.29 is 23.9 Å². The fourth-order valence-electron chi connectivity index (χ4n) is 1.71. The smallest absolute Gasteiger partial charge is 0.151 e. The average Bonchev–Trinajstić information content (AvgIpc) is 2.74. The molecule has 1 N–H and O–H groups in total. The van der Waals surface area contributed by atoms with Crippen molar-refractivity contribution in [1.82, 2.24) is 4.90 Å². The van der Waals surface area contributed by atoms with Crippen LogP contribution in [-0.2, 0) is 18.8 Å². The molecule has 0 aromatic heterocycles. The maximum Gasteiger partial charge on any atom is 0.151 e. The van der Waals surface area contributed by atoms with Gasteiger partial charge in [-0.2, -0.15) is 0 Å². The van der Waals surface area contributed by atoms with Gasteiger partial charge < -0.3 is 23.9 Å². The fourth-order valence-corrected chi connectivity index (χ4v) is 5.83. The Balaban J connectivity index is -0.000000369. The number of aliphatic hydroxyl groups excluding tert-OH is 1. The van der Waals surface area contributed by atoms with Gasteiger partial charge in [0.05, 0.1) is 19.8 Å². The van der Waals surface area contributed by atoms with Gasteiger partial charge in [-0.3, -0.25) is 4.90 Å². The Labute approximate surface area is 176 Å². The topological polar surface area (TPSA) is 68.2 Å². The Hall–Kier alpha value is 0.600. The summed E-state index contributed by atoms with van der Waals surface area (Å²) in [6.07, 6.45) is 4.05. The Morgan fingerprint density at radius 3 is 2.19 bits per heavy atom. The zero-order valence-corrected chi connectivity index (χ0v) is 21.1. The molecule has 1 rings (SSSR count). The predicted octanol–water partition coefficient (Wildman–Crippen LogP) is 4.17. The third-order valence-electron chi connectivity index (χ3n) is 3.28. The van der Waals surface area contributed by atoms with E-state index in [9.17, 15) is 4.79 Å². The van der Waals surface area contributed by atoms with Crippen LogP contribution >= 0.6 is 29.3 Å². The normalized spacial score (nSPS) is 15.1. The summed E-state index contributed by atoms with van der Waals surface area (Å²) in [5.74, 6) is 1.02. The number of aldehydes is 1. The van der Waals surface area contributed by atoms with Crippen LogP contribution in [0.3, 0.4) is 0 Å². The fraction of sp³-hybridized carbons (Fsp3) is 0.944. The number of rotatable bonds is 10. The molecule has 0 aromatic carbocycles. The molecule has 6 nitrogen and oxygen atoms in total. The molecule has 0 bridgehead atoms. The standard InChI is InChI=1S/C10H19NO2.C5H13O2PS2.C2H6.CH4O/c1-10(2,9-12)3-4-11-5-7-13-8-6-11;1-6-4-5-10-8(7-2)9-3;2*1-2/h9H,3-8H2,1-2H3;4-5H2,1-3H3;1-2H3;2H,1H3. The first-order valence-electron chi connectivity index (χ1n) is 9.20. The van der Waals surface area contributed by atoms with Crippen molar-refractivity contribution >= 4 is 35.6 Å². The maximum absolute atomic E-state index is 10.7. The Bertz CT molecular complexity index is 293. The van der Waals surface area contributed by atoms with Gasteiger partial charge in [-0.1, -0.05) is 50.5 Å². The molecule has 0 amide bonds. The third kappa shape index (κ3) is 22.8. The van der Waals surface area contributed by atoms with Gasteiger partial charge in [0.25, 0.3) is 0 Å². The van der Waals surface area contributed by atoms with Gasteiger partial charge in [0.15, 0.2) is 6.55 Å². The molecule has 0 aliphatic carbocycles. The van der Waals surface area contributed by atoms with E-state index in [2.05, 4.69) is 11.2 Å². The van der Waals surface area contributed by atoms with Gasteiger partial charge >= 0.3 is 0 Å². The molecule has 1 unspecified atom stereocenters. The zero-order chi connectivity index (χ0) is 21.6. The summed E-state index contributed by atoms with van der Waals surface area (Å²) >= 11 is 3.60. The van der Waals surface area contributed by atoms with Crippen molar-refractivity contribution in [2.45, 2.75) is 34.1 Å². The molecule has 1 aliphatic heterocycles. The van der Waals surface area contributed by atoms with E-state index in [1.54, 1.807) is 25.6 Å². The van der Waals surface area contributed by atoms with Gasteiger partial charge in [0.2, 0.25) is 0 Å². The van der Waals surface area contributed by atoms with E-state index in [0.717, 1.165) is 65.0 Å². The summed E-state index contributed by atoms with van der Waals surface area (Å²) in [4.78, 5) is 13.0. The van der Waals surface area contributed by atoms with Crippen LogP contribution in [-0.4, -0.2) is 89.1 Å². The van der Waals surface area contributed by atoms with E-state index >= 15 is 0 Å². The quantitative estimate of drug-likeness (QED) is 0.304. The second-order valence-electron chi connectivity index (χ2n) is 5.73. The van der Waals surface area contributed by atoms with Crippen molar-refractivity contribution in [3.63, 3.8) is 0 Å². The molecule has 0 spiro atoms. The molecule has 1 heterocycles. The minimum atomic E-state index is -0.315. The maximum atomic E-state index is 10.7. The second-order valence-corrected chi connectivity index (χ2v) is 12.1. The molecule has 27 heavy (non-hydrogen) atoms. The highest BCUT2D eigenvalue weighted by atomic mass is 33.1. The van der Waals surface area contributed by atoms with Crippen LogP contribution in [0.1, 0.15) is 34.1 Å². The molecule has 166 valence electrons.